The van der Waals surface area contributed by atoms with E-state index in [9.17, 15) is 19.5 Å². The Labute approximate surface area is 155 Å². The van der Waals surface area contributed by atoms with Gasteiger partial charge in [0.15, 0.2) is 0 Å². The van der Waals surface area contributed by atoms with Gasteiger partial charge in [-0.05, 0) is 45.4 Å². The third kappa shape index (κ3) is 4.55. The summed E-state index contributed by atoms with van der Waals surface area (Å²) in [5, 5.41) is 12.7. The smallest absolute Gasteiger partial charge is 0.326 e. The first kappa shape index (κ1) is 20.7. The van der Waals surface area contributed by atoms with Crippen LogP contribution in [-0.2, 0) is 19.1 Å². The van der Waals surface area contributed by atoms with Crippen molar-refractivity contribution >= 4 is 17.8 Å². The van der Waals surface area contributed by atoms with Crippen LogP contribution < -0.4 is 5.32 Å². The average Bonchev–Trinajstić information content (AvgIpc) is 3.00. The summed E-state index contributed by atoms with van der Waals surface area (Å²) in [4.78, 5) is 38.5. The van der Waals surface area contributed by atoms with Crippen LogP contribution in [0.1, 0.15) is 65.7 Å². The Bertz CT molecular complexity index is 524. The van der Waals surface area contributed by atoms with E-state index in [0.717, 1.165) is 32.1 Å². The van der Waals surface area contributed by atoms with Crippen LogP contribution in [0.25, 0.3) is 0 Å². The third-order valence-corrected chi connectivity index (χ3v) is 5.60. The summed E-state index contributed by atoms with van der Waals surface area (Å²) < 4.78 is 5.09. The van der Waals surface area contributed by atoms with Crippen LogP contribution in [0, 0.1) is 5.92 Å². The molecule has 2 N–H and O–H groups in total. The van der Waals surface area contributed by atoms with E-state index < -0.39 is 24.1 Å². The summed E-state index contributed by atoms with van der Waals surface area (Å²) in [6.45, 7) is 5.72. The van der Waals surface area contributed by atoms with Crippen LogP contribution in [0.2, 0.25) is 0 Å². The van der Waals surface area contributed by atoms with Crippen LogP contribution in [0.4, 0.5) is 0 Å². The number of carbonyl (C=O) groups excluding carboxylic acids is 2. The number of carboxylic acids is 1. The van der Waals surface area contributed by atoms with Crippen LogP contribution in [0.15, 0.2) is 0 Å². The van der Waals surface area contributed by atoms with Crippen molar-refractivity contribution in [1.82, 2.24) is 10.2 Å². The quantitative estimate of drug-likeness (QED) is 0.636. The molecular formula is C19H32N2O5. The highest BCUT2D eigenvalue weighted by Gasteiger charge is 2.48. The molecule has 2 aliphatic rings. The molecular weight excluding hydrogens is 336 g/mol. The van der Waals surface area contributed by atoms with Crippen molar-refractivity contribution in [2.45, 2.75) is 89.9 Å². The molecule has 2 rings (SSSR count). The zero-order valence-corrected chi connectivity index (χ0v) is 16.1. The van der Waals surface area contributed by atoms with E-state index in [0.29, 0.717) is 19.4 Å². The molecule has 5 atom stereocenters. The van der Waals surface area contributed by atoms with Crippen molar-refractivity contribution in [2.75, 3.05) is 6.61 Å². The molecule has 0 aromatic carbocycles. The Morgan fingerprint density at radius 2 is 1.92 bits per heavy atom. The predicted octanol–water partition coefficient (Wildman–Crippen LogP) is 1.94. The van der Waals surface area contributed by atoms with Gasteiger partial charge in [-0.25, -0.2) is 4.79 Å². The minimum atomic E-state index is -0.935. The fraction of sp³-hybridized carbons (Fsp3) is 0.842. The summed E-state index contributed by atoms with van der Waals surface area (Å²) in [6.07, 6.45) is 5.87. The molecule has 0 radical (unpaired) electrons. The van der Waals surface area contributed by atoms with Crippen LogP contribution in [0.5, 0.6) is 0 Å². The van der Waals surface area contributed by atoms with Gasteiger partial charge in [-0.1, -0.05) is 26.2 Å². The van der Waals surface area contributed by atoms with Gasteiger partial charge < -0.3 is 14.7 Å². The molecule has 1 saturated heterocycles. The number of nitrogens with zero attached hydrogens (tertiary/aromatic N) is 1. The second kappa shape index (κ2) is 9.35. The third-order valence-electron chi connectivity index (χ3n) is 5.60. The summed E-state index contributed by atoms with van der Waals surface area (Å²) in [5.41, 5.74) is 0. The molecule has 1 aliphatic heterocycles. The van der Waals surface area contributed by atoms with Crippen molar-refractivity contribution in [3.63, 3.8) is 0 Å². The predicted molar refractivity (Wildman–Crippen MR) is 96.6 cm³/mol. The van der Waals surface area contributed by atoms with E-state index in [2.05, 4.69) is 5.32 Å². The number of hydrogen-bond acceptors (Lipinski definition) is 5. The van der Waals surface area contributed by atoms with Crippen LogP contribution in [-0.4, -0.2) is 58.6 Å². The standard InChI is InChI=1S/C19H32N2O5/c1-4-8-14(19(25)26-5-2)20-12(3)17(22)21-15-10-7-6-9-13(15)11-16(21)18(23)24/h12-16,20H,4-11H2,1-3H3,(H,23,24)/t12-,13?,14+,15?,16+/m1/s1. The van der Waals surface area contributed by atoms with Gasteiger partial charge in [-0.15, -0.1) is 0 Å². The topological polar surface area (TPSA) is 95.9 Å². The largest absolute Gasteiger partial charge is 0.480 e. The summed E-state index contributed by atoms with van der Waals surface area (Å²) in [6, 6.07) is -1.92. The minimum Gasteiger partial charge on any atom is -0.480 e. The highest BCUT2D eigenvalue weighted by molar-refractivity contribution is 5.88. The number of hydrogen-bond donors (Lipinski definition) is 2. The molecule has 7 heteroatoms. The lowest BCUT2D eigenvalue weighted by atomic mass is 9.84. The molecule has 7 nitrogen and oxygen atoms in total. The second-order valence-corrected chi connectivity index (χ2v) is 7.43. The number of aliphatic carboxylic acids is 1. The molecule has 0 bridgehead atoms. The molecule has 1 amide bonds. The first-order valence-corrected chi connectivity index (χ1v) is 9.88. The van der Waals surface area contributed by atoms with Crippen molar-refractivity contribution in [1.29, 1.82) is 0 Å². The Balaban J connectivity index is 2.10. The van der Waals surface area contributed by atoms with Gasteiger partial charge in [0, 0.05) is 6.04 Å². The molecule has 0 aromatic heterocycles. The molecule has 1 heterocycles. The molecule has 0 aromatic rings. The molecule has 1 saturated carbocycles. The Kier molecular flexibility index (Phi) is 7.43. The van der Waals surface area contributed by atoms with Gasteiger partial charge >= 0.3 is 11.9 Å². The number of amides is 1. The maximum atomic E-state index is 13.1. The molecule has 0 spiro atoms. The molecule has 2 fully saturated rings. The van der Waals surface area contributed by atoms with E-state index in [4.69, 9.17) is 4.74 Å². The highest BCUT2D eigenvalue weighted by Crippen LogP contribution is 2.40. The number of rotatable bonds is 8. The number of carboxylic acid groups (broad SMARTS) is 1. The van der Waals surface area contributed by atoms with Crippen molar-refractivity contribution in [3.05, 3.63) is 0 Å². The monoisotopic (exact) mass is 368 g/mol. The number of carbonyl (C=O) groups is 3. The zero-order chi connectivity index (χ0) is 19.3. The van der Waals surface area contributed by atoms with E-state index in [1.54, 1.807) is 18.7 Å². The Hall–Kier alpha value is -1.63. The van der Waals surface area contributed by atoms with E-state index in [-0.39, 0.29) is 23.8 Å². The Morgan fingerprint density at radius 3 is 2.54 bits per heavy atom. The normalized spacial score (nSPS) is 27.5. The summed E-state index contributed by atoms with van der Waals surface area (Å²) in [5.74, 6) is -1.24. The highest BCUT2D eigenvalue weighted by atomic mass is 16.5. The SMILES string of the molecule is CCC[C@H](N[C@H](C)C(=O)N1C2CCCCC2C[C@H]1C(=O)O)C(=O)OCC. The van der Waals surface area contributed by atoms with E-state index in [1.165, 1.54) is 0 Å². The molecule has 26 heavy (non-hydrogen) atoms. The van der Waals surface area contributed by atoms with Gasteiger partial charge in [0.2, 0.25) is 5.91 Å². The van der Waals surface area contributed by atoms with Crippen molar-refractivity contribution in [2.24, 2.45) is 5.92 Å². The number of likely N-dealkylation sites (tertiary alicyclic amines) is 1. The first-order chi connectivity index (χ1) is 12.4. The van der Waals surface area contributed by atoms with Gasteiger partial charge in [0.1, 0.15) is 12.1 Å². The molecule has 2 unspecified atom stereocenters. The van der Waals surface area contributed by atoms with Crippen LogP contribution in [0.3, 0.4) is 0 Å². The first-order valence-electron chi connectivity index (χ1n) is 9.88. The average molecular weight is 368 g/mol. The van der Waals surface area contributed by atoms with Gasteiger partial charge in [0.05, 0.1) is 12.6 Å². The number of fused-ring (bicyclic) bond motifs is 1. The summed E-state index contributed by atoms with van der Waals surface area (Å²) in [7, 11) is 0. The number of nitrogens with one attached hydrogen (secondary N) is 1. The fourth-order valence-corrected chi connectivity index (χ4v) is 4.39. The van der Waals surface area contributed by atoms with E-state index in [1.807, 2.05) is 6.92 Å². The summed E-state index contributed by atoms with van der Waals surface area (Å²) >= 11 is 0. The molecule has 148 valence electrons. The van der Waals surface area contributed by atoms with Gasteiger partial charge in [-0.2, -0.15) is 0 Å². The number of esters is 1. The minimum absolute atomic E-state index is 0.00817. The van der Waals surface area contributed by atoms with Gasteiger partial charge in [0.25, 0.3) is 0 Å². The fourth-order valence-electron chi connectivity index (χ4n) is 4.39. The maximum absolute atomic E-state index is 13.1. The van der Waals surface area contributed by atoms with Crippen molar-refractivity contribution in [3.8, 4) is 0 Å². The lowest BCUT2D eigenvalue weighted by Gasteiger charge is -2.35. The van der Waals surface area contributed by atoms with Gasteiger partial charge in [-0.3, -0.25) is 14.9 Å². The number of ether oxygens (including phenoxy) is 1. The second-order valence-electron chi connectivity index (χ2n) is 7.43. The lowest BCUT2D eigenvalue weighted by Crippen LogP contribution is -2.55. The van der Waals surface area contributed by atoms with Crippen LogP contribution >= 0.6 is 0 Å². The van der Waals surface area contributed by atoms with E-state index >= 15 is 0 Å². The maximum Gasteiger partial charge on any atom is 0.326 e. The lowest BCUT2D eigenvalue weighted by molar-refractivity contribution is -0.152. The molecule has 1 aliphatic carbocycles. The Morgan fingerprint density at radius 1 is 1.23 bits per heavy atom. The zero-order valence-electron chi connectivity index (χ0n) is 16.1. The van der Waals surface area contributed by atoms with Crippen molar-refractivity contribution < 1.29 is 24.2 Å².